The molecule has 11 heteroatoms. The van der Waals surface area contributed by atoms with Crippen molar-refractivity contribution in [2.45, 2.75) is 23.8 Å². The van der Waals surface area contributed by atoms with Crippen LogP contribution in [0.5, 0.6) is 0 Å². The smallest absolute Gasteiger partial charge is 0.238 e. The number of halogens is 1. The third-order valence-electron chi connectivity index (χ3n) is 5.61. The van der Waals surface area contributed by atoms with E-state index in [-0.39, 0.29) is 23.3 Å². The Hall–Kier alpha value is -3.31. The minimum Gasteiger partial charge on any atom is -0.346 e. The summed E-state index contributed by atoms with van der Waals surface area (Å²) >= 11 is 7.73. The van der Waals surface area contributed by atoms with E-state index in [0.29, 0.717) is 28.8 Å². The van der Waals surface area contributed by atoms with Crippen LogP contribution < -0.4 is 15.8 Å². The predicted molar refractivity (Wildman–Crippen MR) is 137 cm³/mol. The van der Waals surface area contributed by atoms with Crippen molar-refractivity contribution < 1.29 is 13.2 Å². The lowest BCUT2D eigenvalue weighted by Gasteiger charge is -2.19. The van der Waals surface area contributed by atoms with Crippen molar-refractivity contribution in [2.24, 2.45) is 5.14 Å². The summed E-state index contributed by atoms with van der Waals surface area (Å²) in [4.78, 5) is 22.7. The number of thiophene rings is 1. The van der Waals surface area contributed by atoms with Gasteiger partial charge in [0.15, 0.2) is 0 Å². The average molecular weight is 526 g/mol. The molecule has 0 bridgehead atoms. The maximum Gasteiger partial charge on any atom is 0.238 e. The molecule has 0 saturated heterocycles. The first kappa shape index (κ1) is 23.4. The van der Waals surface area contributed by atoms with Crippen molar-refractivity contribution in [3.8, 4) is 11.3 Å². The van der Waals surface area contributed by atoms with Gasteiger partial charge < -0.3 is 10.6 Å². The van der Waals surface area contributed by atoms with Crippen molar-refractivity contribution >= 4 is 50.5 Å². The van der Waals surface area contributed by atoms with Crippen molar-refractivity contribution in [2.75, 3.05) is 10.6 Å². The quantitative estimate of drug-likeness (QED) is 0.342. The van der Waals surface area contributed by atoms with Crippen LogP contribution in [-0.2, 0) is 27.7 Å². The van der Waals surface area contributed by atoms with Crippen LogP contribution in [-0.4, -0.2) is 24.3 Å². The second-order valence-corrected chi connectivity index (χ2v) is 11.1. The number of sulfonamides is 1. The molecule has 0 spiro atoms. The Balaban J connectivity index is 1.47. The fourth-order valence-electron chi connectivity index (χ4n) is 3.95. The minimum atomic E-state index is -3.75. The second kappa shape index (κ2) is 9.38. The average Bonchev–Trinajstić information content (AvgIpc) is 3.30. The highest BCUT2D eigenvalue weighted by Gasteiger charge is 2.23. The first-order valence-electron chi connectivity index (χ1n) is 10.6. The number of hydrogen-bond donors (Lipinski definition) is 3. The van der Waals surface area contributed by atoms with E-state index in [1.165, 1.54) is 12.1 Å². The molecule has 3 heterocycles. The molecule has 8 nitrogen and oxygen atoms in total. The molecule has 1 aliphatic rings. The standard InChI is InChI=1S/C24H20ClN5O3S2/c25-16-5-8-18-19(12-16)28-22(31)11-15-13-27-24(30-23(15)18)29-20(21-2-1-9-34-21)10-14-3-6-17(7-4-14)35(26,32)33/h1-9,12-13,20H,10-11H2,(H,28,31)(H2,26,32,33)(H,27,29,30). The normalized spacial score (nSPS) is 13.8. The number of amides is 1. The molecule has 4 aromatic rings. The van der Waals surface area contributed by atoms with Gasteiger partial charge in [-0.3, -0.25) is 4.79 Å². The molecule has 1 aliphatic heterocycles. The van der Waals surface area contributed by atoms with Gasteiger partial charge in [-0.2, -0.15) is 0 Å². The highest BCUT2D eigenvalue weighted by atomic mass is 35.5. The van der Waals surface area contributed by atoms with E-state index in [0.717, 1.165) is 21.6 Å². The number of nitrogens with two attached hydrogens (primary N) is 1. The first-order valence-corrected chi connectivity index (χ1v) is 13.4. The number of nitrogens with one attached hydrogen (secondary N) is 2. The maximum atomic E-state index is 12.4. The van der Waals surface area contributed by atoms with Crippen LogP contribution in [0.4, 0.5) is 11.6 Å². The Bertz CT molecular complexity index is 1510. The van der Waals surface area contributed by atoms with Gasteiger partial charge >= 0.3 is 0 Å². The summed E-state index contributed by atoms with van der Waals surface area (Å²) in [5.74, 6) is 0.259. The molecule has 35 heavy (non-hydrogen) atoms. The molecular weight excluding hydrogens is 506 g/mol. The summed E-state index contributed by atoms with van der Waals surface area (Å²) in [5, 5.41) is 14.0. The summed E-state index contributed by atoms with van der Waals surface area (Å²) in [6.07, 6.45) is 2.39. The van der Waals surface area contributed by atoms with Gasteiger partial charge in [-0.1, -0.05) is 29.8 Å². The first-order chi connectivity index (χ1) is 16.8. The number of rotatable bonds is 6. The fraction of sp³-hybridized carbons (Fsp3) is 0.125. The summed E-state index contributed by atoms with van der Waals surface area (Å²) in [6.45, 7) is 0. The topological polar surface area (TPSA) is 127 Å². The van der Waals surface area contributed by atoms with Gasteiger partial charge in [0.2, 0.25) is 21.9 Å². The summed E-state index contributed by atoms with van der Waals surface area (Å²) < 4.78 is 23.2. The molecule has 0 fully saturated rings. The van der Waals surface area contributed by atoms with Crippen LogP contribution in [0.2, 0.25) is 5.02 Å². The lowest BCUT2D eigenvalue weighted by Crippen LogP contribution is -2.16. The van der Waals surface area contributed by atoms with Gasteiger partial charge in [0.25, 0.3) is 0 Å². The molecule has 5 rings (SSSR count). The Morgan fingerprint density at radius 3 is 2.69 bits per heavy atom. The number of carbonyl (C=O) groups excluding carboxylic acids is 1. The van der Waals surface area contributed by atoms with Crippen LogP contribution in [0.15, 0.2) is 71.1 Å². The van der Waals surface area contributed by atoms with Crippen molar-refractivity contribution in [3.63, 3.8) is 0 Å². The number of fused-ring (bicyclic) bond motifs is 3. The van der Waals surface area contributed by atoms with Gasteiger partial charge in [0.05, 0.1) is 28.7 Å². The number of primary sulfonamides is 1. The zero-order valence-corrected chi connectivity index (χ0v) is 20.6. The van der Waals surface area contributed by atoms with Crippen molar-refractivity contribution in [1.29, 1.82) is 0 Å². The van der Waals surface area contributed by atoms with Crippen LogP contribution in [0.25, 0.3) is 11.3 Å². The second-order valence-electron chi connectivity index (χ2n) is 8.09. The van der Waals surface area contributed by atoms with E-state index in [9.17, 15) is 13.2 Å². The summed E-state index contributed by atoms with van der Waals surface area (Å²) in [6, 6.07) is 15.6. The van der Waals surface area contributed by atoms with Crippen LogP contribution >= 0.6 is 22.9 Å². The SMILES string of the molecule is NS(=O)(=O)c1ccc(CC(Nc2ncc3c(n2)-c2ccc(Cl)cc2NC(=O)C3)c2cccs2)cc1. The number of benzene rings is 2. The van der Waals surface area contributed by atoms with Crippen molar-refractivity contribution in [1.82, 2.24) is 9.97 Å². The highest BCUT2D eigenvalue weighted by Crippen LogP contribution is 2.35. The Morgan fingerprint density at radius 2 is 1.97 bits per heavy atom. The van der Waals surface area contributed by atoms with E-state index in [4.69, 9.17) is 21.7 Å². The number of anilines is 2. The molecule has 1 amide bonds. The molecular formula is C24H20ClN5O3S2. The van der Waals surface area contributed by atoms with Gasteiger partial charge in [-0.25, -0.2) is 23.5 Å². The highest BCUT2D eigenvalue weighted by molar-refractivity contribution is 7.89. The largest absolute Gasteiger partial charge is 0.346 e. The lowest BCUT2D eigenvalue weighted by atomic mass is 10.0. The van der Waals surface area contributed by atoms with E-state index < -0.39 is 10.0 Å². The zero-order valence-electron chi connectivity index (χ0n) is 18.2. The molecule has 1 atom stereocenters. The monoisotopic (exact) mass is 525 g/mol. The van der Waals surface area contributed by atoms with E-state index in [1.807, 2.05) is 23.6 Å². The molecule has 2 aromatic heterocycles. The predicted octanol–water partition coefficient (Wildman–Crippen LogP) is 4.40. The van der Waals surface area contributed by atoms with E-state index in [2.05, 4.69) is 15.6 Å². The number of aromatic nitrogens is 2. The maximum absolute atomic E-state index is 12.4. The third kappa shape index (κ3) is 5.20. The Kier molecular flexibility index (Phi) is 6.28. The number of nitrogens with zero attached hydrogens (tertiary/aromatic N) is 2. The van der Waals surface area contributed by atoms with Gasteiger partial charge in [0.1, 0.15) is 0 Å². The Morgan fingerprint density at radius 1 is 1.17 bits per heavy atom. The lowest BCUT2D eigenvalue weighted by molar-refractivity contribution is -0.115. The zero-order chi connectivity index (χ0) is 24.6. The molecule has 0 aliphatic carbocycles. The molecule has 0 radical (unpaired) electrons. The van der Waals surface area contributed by atoms with Crippen LogP contribution in [0, 0.1) is 0 Å². The van der Waals surface area contributed by atoms with Crippen LogP contribution in [0.3, 0.4) is 0 Å². The number of carbonyl (C=O) groups is 1. The van der Waals surface area contributed by atoms with Crippen molar-refractivity contribution in [3.05, 3.63) is 87.2 Å². The summed E-state index contributed by atoms with van der Waals surface area (Å²) in [5.41, 5.74) is 3.69. The molecule has 2 aromatic carbocycles. The molecule has 4 N–H and O–H groups in total. The summed E-state index contributed by atoms with van der Waals surface area (Å²) in [7, 11) is -3.75. The third-order valence-corrected chi connectivity index (χ3v) is 7.76. The molecule has 1 unspecified atom stereocenters. The van der Waals surface area contributed by atoms with Gasteiger partial charge in [0, 0.05) is 27.2 Å². The fourth-order valence-corrected chi connectivity index (χ4v) is 5.42. The van der Waals surface area contributed by atoms with Gasteiger partial charge in [-0.05, 0) is 53.8 Å². The molecule has 0 saturated carbocycles. The Labute approximate surface area is 211 Å². The number of hydrogen-bond acceptors (Lipinski definition) is 7. The van der Waals surface area contributed by atoms with Gasteiger partial charge in [-0.15, -0.1) is 11.3 Å². The van der Waals surface area contributed by atoms with E-state index in [1.54, 1.807) is 41.8 Å². The minimum absolute atomic E-state index is 0.0675. The van der Waals surface area contributed by atoms with E-state index >= 15 is 0 Å². The van der Waals surface area contributed by atoms with Crippen LogP contribution in [0.1, 0.15) is 22.0 Å². The molecule has 178 valence electrons.